The van der Waals surface area contributed by atoms with Gasteiger partial charge in [0, 0.05) is 19.0 Å². The Morgan fingerprint density at radius 3 is 3.16 bits per heavy atom. The molecule has 2 N–H and O–H groups in total. The van der Waals surface area contributed by atoms with Gasteiger partial charge in [-0.2, -0.15) is 0 Å². The quantitative estimate of drug-likeness (QED) is 0.629. The van der Waals surface area contributed by atoms with E-state index in [1.54, 1.807) is 11.8 Å². The molecule has 1 amide bonds. The van der Waals surface area contributed by atoms with Gasteiger partial charge in [-0.05, 0) is 5.75 Å². The maximum atomic E-state index is 11.8. The number of aromatic nitrogens is 2. The van der Waals surface area contributed by atoms with Gasteiger partial charge in [-0.1, -0.05) is 30.0 Å². The van der Waals surface area contributed by atoms with Crippen LogP contribution in [0, 0.1) is 0 Å². The van der Waals surface area contributed by atoms with Crippen LogP contribution in [0.1, 0.15) is 13.3 Å². The van der Waals surface area contributed by atoms with Crippen molar-refractivity contribution in [3.05, 3.63) is 0 Å². The Morgan fingerprint density at radius 2 is 2.47 bits per heavy atom. The van der Waals surface area contributed by atoms with Gasteiger partial charge in [0.1, 0.15) is 0 Å². The highest BCUT2D eigenvalue weighted by Crippen LogP contribution is 2.25. The van der Waals surface area contributed by atoms with Crippen LogP contribution in [0.15, 0.2) is 4.34 Å². The topological polar surface area (TPSA) is 76.1 Å². The first-order valence-corrected chi connectivity index (χ1v) is 7.65. The van der Waals surface area contributed by atoms with E-state index in [0.717, 1.165) is 16.6 Å². The zero-order valence-electron chi connectivity index (χ0n) is 10.5. The van der Waals surface area contributed by atoms with E-state index in [-0.39, 0.29) is 24.4 Å². The summed E-state index contributed by atoms with van der Waals surface area (Å²) >= 11 is 3.03. The molecular formula is C10H17ClN4O2S2. The third-order valence-electron chi connectivity index (χ3n) is 2.35. The molecule has 6 nitrogen and oxygen atoms in total. The minimum atomic E-state index is -0.0535. The maximum absolute atomic E-state index is 11.8. The van der Waals surface area contributed by atoms with Crippen LogP contribution in [0.2, 0.25) is 0 Å². The Hall–Kier alpha value is -0.410. The Balaban J connectivity index is 0.00000180. The summed E-state index contributed by atoms with van der Waals surface area (Å²) in [7, 11) is 0. The van der Waals surface area contributed by atoms with Crippen molar-refractivity contribution in [1.82, 2.24) is 15.5 Å². The van der Waals surface area contributed by atoms with Crippen molar-refractivity contribution in [2.75, 3.05) is 30.8 Å². The summed E-state index contributed by atoms with van der Waals surface area (Å²) < 4.78 is 6.18. The summed E-state index contributed by atoms with van der Waals surface area (Å²) in [6.07, 6.45) is 0.399. The second-order valence-corrected chi connectivity index (χ2v) is 6.27. The molecule has 1 aromatic heterocycles. The largest absolute Gasteiger partial charge is 0.378 e. The molecule has 1 saturated heterocycles. The van der Waals surface area contributed by atoms with Crippen molar-refractivity contribution in [1.29, 1.82) is 0 Å². The van der Waals surface area contributed by atoms with E-state index in [1.165, 1.54) is 11.3 Å². The predicted molar refractivity (Wildman–Crippen MR) is 79.4 cm³/mol. The lowest BCUT2D eigenvalue weighted by Gasteiger charge is -2.22. The van der Waals surface area contributed by atoms with Gasteiger partial charge in [0.15, 0.2) is 4.34 Å². The predicted octanol–water partition coefficient (Wildman–Crippen LogP) is 1.39. The van der Waals surface area contributed by atoms with Gasteiger partial charge in [0.2, 0.25) is 11.0 Å². The first-order chi connectivity index (χ1) is 8.78. The molecule has 2 rings (SSSR count). The second-order valence-electron chi connectivity index (χ2n) is 3.78. The molecule has 1 fully saturated rings. The molecule has 2 heterocycles. The van der Waals surface area contributed by atoms with Crippen molar-refractivity contribution in [2.24, 2.45) is 0 Å². The molecule has 9 heteroatoms. The van der Waals surface area contributed by atoms with Crippen LogP contribution < -0.4 is 10.6 Å². The molecule has 108 valence electrons. The highest BCUT2D eigenvalue weighted by Gasteiger charge is 2.17. The molecule has 1 atom stereocenters. The van der Waals surface area contributed by atoms with Crippen LogP contribution >= 0.6 is 35.5 Å². The summed E-state index contributed by atoms with van der Waals surface area (Å²) in [5.74, 6) is 0.897. The van der Waals surface area contributed by atoms with E-state index in [9.17, 15) is 4.79 Å². The van der Waals surface area contributed by atoms with Crippen LogP contribution in [0.3, 0.4) is 0 Å². The fraction of sp³-hybridized carbons (Fsp3) is 0.700. The number of thioether (sulfide) groups is 1. The first-order valence-electron chi connectivity index (χ1n) is 5.85. The Labute approximate surface area is 126 Å². The fourth-order valence-corrected chi connectivity index (χ4v) is 3.25. The van der Waals surface area contributed by atoms with E-state index in [2.05, 4.69) is 27.8 Å². The summed E-state index contributed by atoms with van der Waals surface area (Å²) in [5.41, 5.74) is 0. The third-order valence-corrected chi connectivity index (χ3v) is 4.21. The van der Waals surface area contributed by atoms with Gasteiger partial charge in [-0.15, -0.1) is 22.6 Å². The van der Waals surface area contributed by atoms with Crippen molar-refractivity contribution in [3.63, 3.8) is 0 Å². The van der Waals surface area contributed by atoms with Crippen molar-refractivity contribution >= 4 is 46.5 Å². The molecular weight excluding hydrogens is 308 g/mol. The van der Waals surface area contributed by atoms with Crippen LogP contribution in [0.4, 0.5) is 5.13 Å². The highest BCUT2D eigenvalue weighted by atomic mass is 35.5. The maximum Gasteiger partial charge on any atom is 0.227 e. The molecule has 0 bridgehead atoms. The van der Waals surface area contributed by atoms with Crippen LogP contribution in [0.25, 0.3) is 0 Å². The molecule has 1 aliphatic heterocycles. The Kier molecular flexibility index (Phi) is 7.62. The number of hydrogen-bond acceptors (Lipinski definition) is 7. The van der Waals surface area contributed by atoms with Gasteiger partial charge < -0.3 is 15.4 Å². The summed E-state index contributed by atoms with van der Waals surface area (Å²) in [6, 6.07) is 0.0937. The number of anilines is 1. The molecule has 0 aliphatic carbocycles. The number of rotatable bonds is 5. The van der Waals surface area contributed by atoms with Gasteiger partial charge in [-0.25, -0.2) is 0 Å². The zero-order chi connectivity index (χ0) is 12.8. The number of nitrogens with zero attached hydrogens (tertiary/aromatic N) is 2. The average Bonchev–Trinajstić information content (AvgIpc) is 2.78. The molecule has 0 saturated carbocycles. The third kappa shape index (κ3) is 5.62. The lowest BCUT2D eigenvalue weighted by atomic mass is 10.2. The van der Waals surface area contributed by atoms with E-state index in [1.807, 2.05) is 0 Å². The van der Waals surface area contributed by atoms with Gasteiger partial charge in [0.25, 0.3) is 0 Å². The Bertz CT molecular complexity index is 399. The number of nitrogens with one attached hydrogen (secondary N) is 2. The average molecular weight is 325 g/mol. The van der Waals surface area contributed by atoms with Crippen molar-refractivity contribution < 1.29 is 9.53 Å². The highest BCUT2D eigenvalue weighted by molar-refractivity contribution is 8.01. The van der Waals surface area contributed by atoms with E-state index in [0.29, 0.717) is 24.8 Å². The first kappa shape index (κ1) is 16.6. The second kappa shape index (κ2) is 8.70. The van der Waals surface area contributed by atoms with Crippen LogP contribution in [0.5, 0.6) is 0 Å². The number of carbonyl (C=O) groups is 1. The molecule has 19 heavy (non-hydrogen) atoms. The number of ether oxygens (including phenoxy) is 1. The van der Waals surface area contributed by atoms with Gasteiger partial charge in [-0.3, -0.25) is 4.79 Å². The normalized spacial score (nSPS) is 18.7. The number of halogens is 1. The number of morpholine rings is 1. The molecule has 0 spiro atoms. The fourth-order valence-electron chi connectivity index (χ4n) is 1.59. The van der Waals surface area contributed by atoms with E-state index < -0.39 is 0 Å². The summed E-state index contributed by atoms with van der Waals surface area (Å²) in [6.45, 7) is 4.15. The van der Waals surface area contributed by atoms with Crippen molar-refractivity contribution in [3.8, 4) is 0 Å². The number of amides is 1. The lowest BCUT2D eigenvalue weighted by molar-refractivity contribution is -0.117. The SMILES string of the molecule is CCSc1nnc(NC(=O)CC2COCCN2)s1.Cl. The zero-order valence-corrected chi connectivity index (χ0v) is 13.0. The van der Waals surface area contributed by atoms with E-state index in [4.69, 9.17) is 4.74 Å². The summed E-state index contributed by atoms with van der Waals surface area (Å²) in [4.78, 5) is 11.8. The molecule has 1 aliphatic rings. The standard InChI is InChI=1S/C10H16N4O2S2.ClH/c1-2-17-10-14-13-9(18-10)12-8(15)5-7-6-16-4-3-11-7;/h7,11H,2-6H2,1H3,(H,12,13,15);1H. The van der Waals surface area contributed by atoms with Gasteiger partial charge in [0.05, 0.1) is 13.2 Å². The number of hydrogen-bond donors (Lipinski definition) is 2. The lowest BCUT2D eigenvalue weighted by Crippen LogP contribution is -2.43. The van der Waals surface area contributed by atoms with Crippen LogP contribution in [-0.4, -0.2) is 47.7 Å². The van der Waals surface area contributed by atoms with Crippen molar-refractivity contribution in [2.45, 2.75) is 23.7 Å². The molecule has 0 radical (unpaired) electrons. The molecule has 1 aromatic rings. The molecule has 0 aromatic carbocycles. The van der Waals surface area contributed by atoms with Crippen LogP contribution in [-0.2, 0) is 9.53 Å². The molecule has 1 unspecified atom stereocenters. The monoisotopic (exact) mass is 324 g/mol. The minimum Gasteiger partial charge on any atom is -0.378 e. The van der Waals surface area contributed by atoms with E-state index >= 15 is 0 Å². The number of carbonyl (C=O) groups excluding carboxylic acids is 1. The van der Waals surface area contributed by atoms with Gasteiger partial charge >= 0.3 is 0 Å². The smallest absolute Gasteiger partial charge is 0.227 e. The Morgan fingerprint density at radius 1 is 1.63 bits per heavy atom. The summed E-state index contributed by atoms with van der Waals surface area (Å²) in [5, 5.41) is 14.5. The minimum absolute atomic E-state index is 0.